The first-order valence-corrected chi connectivity index (χ1v) is 4.79. The van der Waals surface area contributed by atoms with Crippen LogP contribution in [0.3, 0.4) is 0 Å². The molecule has 0 radical (unpaired) electrons. The van der Waals surface area contributed by atoms with Gasteiger partial charge >= 0.3 is 11.9 Å². The highest BCUT2D eigenvalue weighted by atomic mass is 16.4. The third-order valence-electron chi connectivity index (χ3n) is 2.18. The topological polar surface area (TPSA) is 86.6 Å². The SMILES string of the molecule is C[C@@H](NCc1ccc(C(=O)O)cc1)C(=O)O. The maximum Gasteiger partial charge on any atom is 0.335 e. The summed E-state index contributed by atoms with van der Waals surface area (Å²) >= 11 is 0. The fourth-order valence-corrected chi connectivity index (χ4v) is 1.12. The Morgan fingerprint density at radius 3 is 2.25 bits per heavy atom. The molecule has 0 aliphatic rings. The largest absolute Gasteiger partial charge is 0.480 e. The second kappa shape index (κ2) is 5.27. The monoisotopic (exact) mass is 223 g/mol. The molecule has 1 aromatic rings. The van der Waals surface area contributed by atoms with E-state index >= 15 is 0 Å². The lowest BCUT2D eigenvalue weighted by Gasteiger charge is -2.08. The molecule has 0 fully saturated rings. The zero-order valence-corrected chi connectivity index (χ0v) is 8.80. The van der Waals surface area contributed by atoms with E-state index in [1.165, 1.54) is 12.1 Å². The zero-order chi connectivity index (χ0) is 12.1. The number of hydrogen-bond acceptors (Lipinski definition) is 3. The smallest absolute Gasteiger partial charge is 0.335 e. The molecule has 5 nitrogen and oxygen atoms in total. The molecule has 86 valence electrons. The number of benzene rings is 1. The Kier molecular flexibility index (Phi) is 4.02. The van der Waals surface area contributed by atoms with Crippen molar-refractivity contribution in [1.29, 1.82) is 0 Å². The van der Waals surface area contributed by atoms with Gasteiger partial charge in [0.05, 0.1) is 5.56 Å². The summed E-state index contributed by atoms with van der Waals surface area (Å²) in [5.41, 5.74) is 1.06. The van der Waals surface area contributed by atoms with Crippen LogP contribution in [0.15, 0.2) is 24.3 Å². The Balaban J connectivity index is 2.56. The van der Waals surface area contributed by atoms with Crippen molar-refractivity contribution in [3.05, 3.63) is 35.4 Å². The van der Waals surface area contributed by atoms with Gasteiger partial charge in [-0.05, 0) is 24.6 Å². The highest BCUT2D eigenvalue weighted by Gasteiger charge is 2.09. The predicted octanol–water partition coefficient (Wildman–Crippen LogP) is 0.948. The number of aliphatic carboxylic acids is 1. The molecule has 0 saturated carbocycles. The first kappa shape index (κ1) is 12.2. The molecule has 0 aliphatic heterocycles. The third kappa shape index (κ3) is 3.36. The van der Waals surface area contributed by atoms with E-state index in [0.717, 1.165) is 5.56 Å². The van der Waals surface area contributed by atoms with E-state index in [4.69, 9.17) is 10.2 Å². The van der Waals surface area contributed by atoms with Crippen molar-refractivity contribution in [2.45, 2.75) is 19.5 Å². The number of nitrogens with one attached hydrogen (secondary N) is 1. The first-order chi connectivity index (χ1) is 7.50. The second-order valence-electron chi connectivity index (χ2n) is 3.44. The molecule has 1 rings (SSSR count). The fraction of sp³-hybridized carbons (Fsp3) is 0.273. The van der Waals surface area contributed by atoms with Crippen LogP contribution in [-0.2, 0) is 11.3 Å². The summed E-state index contributed by atoms with van der Waals surface area (Å²) in [7, 11) is 0. The second-order valence-corrected chi connectivity index (χ2v) is 3.44. The van der Waals surface area contributed by atoms with Crippen LogP contribution in [0.2, 0.25) is 0 Å². The molecule has 1 atom stereocenters. The molecule has 0 heterocycles. The van der Waals surface area contributed by atoms with Crippen molar-refractivity contribution in [2.75, 3.05) is 0 Å². The number of carboxylic acid groups (broad SMARTS) is 2. The lowest BCUT2D eigenvalue weighted by molar-refractivity contribution is -0.139. The van der Waals surface area contributed by atoms with Gasteiger partial charge in [0, 0.05) is 6.54 Å². The van der Waals surface area contributed by atoms with E-state index in [0.29, 0.717) is 6.54 Å². The van der Waals surface area contributed by atoms with Crippen LogP contribution < -0.4 is 5.32 Å². The minimum atomic E-state index is -0.974. The minimum Gasteiger partial charge on any atom is -0.480 e. The third-order valence-corrected chi connectivity index (χ3v) is 2.18. The average Bonchev–Trinajstić information content (AvgIpc) is 2.26. The summed E-state index contributed by atoms with van der Waals surface area (Å²) in [6.45, 7) is 1.95. The fourth-order valence-electron chi connectivity index (χ4n) is 1.12. The Morgan fingerprint density at radius 1 is 1.25 bits per heavy atom. The Morgan fingerprint density at radius 2 is 1.81 bits per heavy atom. The maximum atomic E-state index is 10.6. The van der Waals surface area contributed by atoms with Crippen LogP contribution in [-0.4, -0.2) is 28.2 Å². The predicted molar refractivity (Wildman–Crippen MR) is 57.3 cm³/mol. The van der Waals surface area contributed by atoms with Crippen molar-refractivity contribution < 1.29 is 19.8 Å². The van der Waals surface area contributed by atoms with E-state index in [1.807, 2.05) is 0 Å². The van der Waals surface area contributed by atoms with Gasteiger partial charge in [0.15, 0.2) is 0 Å². The molecule has 0 amide bonds. The molecule has 0 aromatic heterocycles. The van der Waals surface area contributed by atoms with E-state index in [2.05, 4.69) is 5.32 Å². The van der Waals surface area contributed by atoms with Crippen molar-refractivity contribution >= 4 is 11.9 Å². The molecule has 0 unspecified atom stereocenters. The van der Waals surface area contributed by atoms with Crippen LogP contribution in [0.5, 0.6) is 0 Å². The van der Waals surface area contributed by atoms with Crippen molar-refractivity contribution in [1.82, 2.24) is 5.32 Å². The van der Waals surface area contributed by atoms with E-state index in [9.17, 15) is 9.59 Å². The highest BCUT2D eigenvalue weighted by Crippen LogP contribution is 2.04. The summed E-state index contributed by atoms with van der Waals surface area (Å²) < 4.78 is 0. The van der Waals surface area contributed by atoms with Crippen molar-refractivity contribution in [3.8, 4) is 0 Å². The van der Waals surface area contributed by atoms with Crippen molar-refractivity contribution in [3.63, 3.8) is 0 Å². The molecule has 0 saturated heterocycles. The van der Waals surface area contributed by atoms with Gasteiger partial charge in [0.25, 0.3) is 0 Å². The summed E-state index contributed by atoms with van der Waals surface area (Å²) in [6.07, 6.45) is 0. The standard InChI is InChI=1S/C11H13NO4/c1-7(10(13)14)12-6-8-2-4-9(5-3-8)11(15)16/h2-5,7,12H,6H2,1H3,(H,13,14)(H,15,16)/t7-/m1/s1. The average molecular weight is 223 g/mol. The van der Waals surface area contributed by atoms with Crippen LogP contribution in [0.1, 0.15) is 22.8 Å². The maximum absolute atomic E-state index is 10.6. The highest BCUT2D eigenvalue weighted by molar-refractivity contribution is 5.87. The van der Waals surface area contributed by atoms with E-state index in [-0.39, 0.29) is 5.56 Å². The van der Waals surface area contributed by atoms with Gasteiger partial charge in [-0.3, -0.25) is 4.79 Å². The molecule has 1 aromatic carbocycles. The van der Waals surface area contributed by atoms with Gasteiger partial charge < -0.3 is 15.5 Å². The van der Waals surface area contributed by atoms with Crippen LogP contribution >= 0.6 is 0 Å². The van der Waals surface area contributed by atoms with E-state index in [1.54, 1.807) is 19.1 Å². The molecule has 0 spiro atoms. The number of hydrogen-bond donors (Lipinski definition) is 3. The molecular weight excluding hydrogens is 210 g/mol. The summed E-state index contributed by atoms with van der Waals surface area (Å²) in [6, 6.07) is 5.67. The van der Waals surface area contributed by atoms with Gasteiger partial charge in [-0.1, -0.05) is 12.1 Å². The first-order valence-electron chi connectivity index (χ1n) is 4.79. The molecule has 0 bridgehead atoms. The Hall–Kier alpha value is -1.88. The molecule has 5 heteroatoms. The summed E-state index contributed by atoms with van der Waals surface area (Å²) in [4.78, 5) is 21.1. The molecule has 0 aliphatic carbocycles. The Labute approximate surface area is 92.7 Å². The summed E-state index contributed by atoms with van der Waals surface area (Å²) in [5.74, 6) is -1.89. The lowest BCUT2D eigenvalue weighted by Crippen LogP contribution is -2.33. The normalized spacial score (nSPS) is 12.1. The molecule has 3 N–H and O–H groups in total. The van der Waals surface area contributed by atoms with Crippen LogP contribution in [0, 0.1) is 0 Å². The number of aromatic carboxylic acids is 1. The van der Waals surface area contributed by atoms with Crippen LogP contribution in [0.25, 0.3) is 0 Å². The van der Waals surface area contributed by atoms with Gasteiger partial charge in [-0.2, -0.15) is 0 Å². The quantitative estimate of drug-likeness (QED) is 0.691. The van der Waals surface area contributed by atoms with Gasteiger partial charge in [-0.25, -0.2) is 4.79 Å². The number of carboxylic acids is 2. The number of rotatable bonds is 5. The van der Waals surface area contributed by atoms with Gasteiger partial charge in [-0.15, -0.1) is 0 Å². The lowest BCUT2D eigenvalue weighted by atomic mass is 10.1. The van der Waals surface area contributed by atoms with Gasteiger partial charge in [0.2, 0.25) is 0 Å². The molecule has 16 heavy (non-hydrogen) atoms. The zero-order valence-electron chi connectivity index (χ0n) is 8.80. The minimum absolute atomic E-state index is 0.218. The van der Waals surface area contributed by atoms with Gasteiger partial charge in [0.1, 0.15) is 6.04 Å². The van der Waals surface area contributed by atoms with Crippen molar-refractivity contribution in [2.24, 2.45) is 0 Å². The Bertz CT molecular complexity index is 385. The van der Waals surface area contributed by atoms with E-state index < -0.39 is 18.0 Å². The molecular formula is C11H13NO4. The summed E-state index contributed by atoms with van der Waals surface area (Å²) in [5, 5.41) is 20.1. The number of carbonyl (C=O) groups is 2. The van der Waals surface area contributed by atoms with Crippen LogP contribution in [0.4, 0.5) is 0 Å².